The van der Waals surface area contributed by atoms with Gasteiger partial charge in [0, 0.05) is 6.42 Å². The van der Waals surface area contributed by atoms with E-state index < -0.39 is 0 Å². The number of aryl methyl sites for hydroxylation is 1. The van der Waals surface area contributed by atoms with Crippen LogP contribution in [0.25, 0.3) is 0 Å². The molecule has 0 saturated carbocycles. The number of ether oxygens (including phenoxy) is 1. The zero-order valence-corrected chi connectivity index (χ0v) is 14.1. The average Bonchev–Trinajstić information content (AvgIpc) is 3.08. The highest BCUT2D eigenvalue weighted by atomic mass is 16.5. The van der Waals surface area contributed by atoms with Crippen LogP contribution in [0.15, 0.2) is 60.9 Å². The molecule has 0 spiro atoms. The van der Waals surface area contributed by atoms with E-state index in [2.05, 4.69) is 15.4 Å². The quantitative estimate of drug-likeness (QED) is 0.720. The van der Waals surface area contributed by atoms with Crippen LogP contribution in [-0.2, 0) is 17.8 Å². The number of carbonyl (C=O) groups excluding carboxylic acids is 1. The molecule has 0 atom stereocenters. The van der Waals surface area contributed by atoms with Crippen molar-refractivity contribution in [3.05, 3.63) is 72.1 Å². The first kappa shape index (κ1) is 16.7. The number of anilines is 1. The second kappa shape index (κ2) is 8.10. The van der Waals surface area contributed by atoms with Gasteiger partial charge in [-0.25, -0.2) is 9.67 Å². The highest BCUT2D eigenvalue weighted by molar-refractivity contribution is 5.88. The average molecular weight is 336 g/mol. The summed E-state index contributed by atoms with van der Waals surface area (Å²) in [6.45, 7) is 0.621. The Morgan fingerprint density at radius 2 is 1.84 bits per heavy atom. The highest BCUT2D eigenvalue weighted by Gasteiger charge is 2.07. The topological polar surface area (TPSA) is 69.0 Å². The van der Waals surface area contributed by atoms with Crippen molar-refractivity contribution in [2.24, 2.45) is 0 Å². The van der Waals surface area contributed by atoms with Gasteiger partial charge in [-0.2, -0.15) is 0 Å². The first-order valence-electron chi connectivity index (χ1n) is 8.09. The summed E-state index contributed by atoms with van der Waals surface area (Å²) >= 11 is 0. The SMILES string of the molecule is COc1ccc(CCC(=O)Nc2ncn(Cc3ccccc3)n2)cc1. The largest absolute Gasteiger partial charge is 0.497 e. The van der Waals surface area contributed by atoms with Crippen LogP contribution in [0.3, 0.4) is 0 Å². The molecule has 0 saturated heterocycles. The van der Waals surface area contributed by atoms with Crippen molar-refractivity contribution in [3.8, 4) is 5.75 Å². The van der Waals surface area contributed by atoms with Crippen molar-refractivity contribution in [3.63, 3.8) is 0 Å². The van der Waals surface area contributed by atoms with Crippen molar-refractivity contribution < 1.29 is 9.53 Å². The van der Waals surface area contributed by atoms with E-state index in [1.54, 1.807) is 18.1 Å². The first-order valence-corrected chi connectivity index (χ1v) is 8.09. The molecule has 25 heavy (non-hydrogen) atoms. The van der Waals surface area contributed by atoms with Crippen LogP contribution < -0.4 is 10.1 Å². The summed E-state index contributed by atoms with van der Waals surface area (Å²) in [5.74, 6) is 1.03. The van der Waals surface area contributed by atoms with E-state index >= 15 is 0 Å². The zero-order chi connectivity index (χ0) is 17.5. The van der Waals surface area contributed by atoms with Crippen molar-refractivity contribution in [1.82, 2.24) is 14.8 Å². The molecule has 3 rings (SSSR count). The molecule has 6 nitrogen and oxygen atoms in total. The Morgan fingerprint density at radius 1 is 1.08 bits per heavy atom. The molecule has 0 aliphatic rings. The number of hydrogen-bond donors (Lipinski definition) is 1. The summed E-state index contributed by atoms with van der Waals surface area (Å²) in [6, 6.07) is 17.7. The summed E-state index contributed by atoms with van der Waals surface area (Å²) in [5.41, 5.74) is 2.21. The Balaban J connectivity index is 1.49. The fraction of sp³-hybridized carbons (Fsp3) is 0.211. The zero-order valence-electron chi connectivity index (χ0n) is 14.1. The third kappa shape index (κ3) is 4.91. The second-order valence-electron chi connectivity index (χ2n) is 5.65. The molecule has 0 aliphatic carbocycles. The number of aromatic nitrogens is 3. The Labute approximate surface area is 146 Å². The maximum Gasteiger partial charge on any atom is 0.248 e. The summed E-state index contributed by atoms with van der Waals surface area (Å²) < 4.78 is 6.82. The standard InChI is InChI=1S/C19H20N4O2/c1-25-17-10-7-15(8-11-17)9-12-18(24)21-19-20-14-23(22-19)13-16-5-3-2-4-6-16/h2-8,10-11,14H,9,12-13H2,1H3,(H,21,22,24). The maximum absolute atomic E-state index is 12.1. The van der Waals surface area contributed by atoms with Crippen LogP contribution in [0.4, 0.5) is 5.95 Å². The lowest BCUT2D eigenvalue weighted by molar-refractivity contribution is -0.116. The molecular formula is C19H20N4O2. The van der Waals surface area contributed by atoms with Crippen molar-refractivity contribution in [2.75, 3.05) is 12.4 Å². The van der Waals surface area contributed by atoms with Gasteiger partial charge < -0.3 is 4.74 Å². The van der Waals surface area contributed by atoms with E-state index in [0.29, 0.717) is 25.3 Å². The van der Waals surface area contributed by atoms with Crippen molar-refractivity contribution in [1.29, 1.82) is 0 Å². The van der Waals surface area contributed by atoms with Crippen LogP contribution in [0, 0.1) is 0 Å². The van der Waals surface area contributed by atoms with E-state index in [-0.39, 0.29) is 5.91 Å². The number of methoxy groups -OCH3 is 1. The number of carbonyl (C=O) groups is 1. The smallest absolute Gasteiger partial charge is 0.248 e. The minimum Gasteiger partial charge on any atom is -0.497 e. The van der Waals surface area contributed by atoms with Gasteiger partial charge >= 0.3 is 0 Å². The lowest BCUT2D eigenvalue weighted by atomic mass is 10.1. The lowest BCUT2D eigenvalue weighted by Gasteiger charge is -2.04. The van der Waals surface area contributed by atoms with E-state index in [1.807, 2.05) is 54.6 Å². The normalized spacial score (nSPS) is 10.4. The van der Waals surface area contributed by atoms with Gasteiger partial charge in [0.2, 0.25) is 11.9 Å². The maximum atomic E-state index is 12.1. The molecule has 0 aliphatic heterocycles. The number of nitrogens with zero attached hydrogens (tertiary/aromatic N) is 3. The van der Waals surface area contributed by atoms with Crippen molar-refractivity contribution in [2.45, 2.75) is 19.4 Å². The van der Waals surface area contributed by atoms with Crippen LogP contribution in [-0.4, -0.2) is 27.8 Å². The Hall–Kier alpha value is -3.15. The van der Waals surface area contributed by atoms with Gasteiger partial charge in [-0.3, -0.25) is 10.1 Å². The van der Waals surface area contributed by atoms with E-state index in [4.69, 9.17) is 4.74 Å². The molecule has 0 bridgehead atoms. The third-order valence-corrected chi connectivity index (χ3v) is 3.77. The minimum absolute atomic E-state index is 0.103. The van der Waals surface area contributed by atoms with Gasteiger partial charge in [0.1, 0.15) is 12.1 Å². The van der Waals surface area contributed by atoms with Gasteiger partial charge in [0.05, 0.1) is 13.7 Å². The molecule has 128 valence electrons. The first-order chi connectivity index (χ1) is 12.2. The van der Waals surface area contributed by atoms with Gasteiger partial charge in [-0.05, 0) is 29.7 Å². The van der Waals surface area contributed by atoms with Crippen LogP contribution >= 0.6 is 0 Å². The van der Waals surface area contributed by atoms with E-state index in [9.17, 15) is 4.79 Å². The van der Waals surface area contributed by atoms with Crippen LogP contribution in [0.2, 0.25) is 0 Å². The molecule has 0 radical (unpaired) electrons. The molecule has 1 amide bonds. The number of benzene rings is 2. The van der Waals surface area contributed by atoms with Crippen LogP contribution in [0.5, 0.6) is 5.75 Å². The Morgan fingerprint density at radius 3 is 2.56 bits per heavy atom. The molecule has 1 N–H and O–H groups in total. The van der Waals surface area contributed by atoms with E-state index in [1.165, 1.54) is 0 Å². The molecule has 3 aromatic rings. The summed E-state index contributed by atoms with van der Waals surface area (Å²) in [4.78, 5) is 16.2. The fourth-order valence-corrected chi connectivity index (χ4v) is 2.44. The second-order valence-corrected chi connectivity index (χ2v) is 5.65. The molecule has 1 heterocycles. The summed E-state index contributed by atoms with van der Waals surface area (Å²) in [6.07, 6.45) is 2.65. The van der Waals surface area contributed by atoms with Gasteiger partial charge in [0.25, 0.3) is 0 Å². The van der Waals surface area contributed by atoms with Crippen LogP contribution in [0.1, 0.15) is 17.5 Å². The van der Waals surface area contributed by atoms with Gasteiger partial charge in [0.15, 0.2) is 0 Å². The summed E-state index contributed by atoms with van der Waals surface area (Å²) in [7, 11) is 1.63. The molecule has 1 aromatic heterocycles. The van der Waals surface area contributed by atoms with Gasteiger partial charge in [-0.15, -0.1) is 5.10 Å². The molecule has 0 unspecified atom stereocenters. The van der Waals surface area contributed by atoms with Gasteiger partial charge in [-0.1, -0.05) is 42.5 Å². The third-order valence-electron chi connectivity index (χ3n) is 3.77. The highest BCUT2D eigenvalue weighted by Crippen LogP contribution is 2.13. The monoisotopic (exact) mass is 336 g/mol. The minimum atomic E-state index is -0.103. The predicted molar refractivity (Wildman–Crippen MR) is 95.5 cm³/mol. The molecular weight excluding hydrogens is 316 g/mol. The molecule has 2 aromatic carbocycles. The lowest BCUT2D eigenvalue weighted by Crippen LogP contribution is -2.14. The number of rotatable bonds is 7. The molecule has 6 heteroatoms. The fourth-order valence-electron chi connectivity index (χ4n) is 2.44. The Kier molecular flexibility index (Phi) is 5.41. The number of amides is 1. The Bertz CT molecular complexity index is 813. The molecule has 0 fully saturated rings. The summed E-state index contributed by atoms with van der Waals surface area (Å²) in [5, 5.41) is 7.01. The van der Waals surface area contributed by atoms with E-state index in [0.717, 1.165) is 16.9 Å². The van der Waals surface area contributed by atoms with Crippen molar-refractivity contribution >= 4 is 11.9 Å². The number of hydrogen-bond acceptors (Lipinski definition) is 4. The number of nitrogens with one attached hydrogen (secondary N) is 1. The predicted octanol–water partition coefficient (Wildman–Crippen LogP) is 2.91.